The number of benzene rings is 1. The summed E-state index contributed by atoms with van der Waals surface area (Å²) < 4.78 is 14.9. The fourth-order valence-electron chi connectivity index (χ4n) is 1.59. The van der Waals surface area contributed by atoms with E-state index in [1.807, 2.05) is 0 Å². The molecule has 2 aromatic rings. The number of aromatic nitrogens is 2. The van der Waals surface area contributed by atoms with E-state index in [1.165, 1.54) is 0 Å². The number of nitrogens with zero attached hydrogens (tertiary/aromatic N) is 3. The quantitative estimate of drug-likeness (QED) is 0.692. The SMILES string of the molecule is Cn1cc(CNc2cc(F)c(Cl)cc2[N+](=O)[O-])cn1. The second kappa shape index (κ2) is 5.23. The lowest BCUT2D eigenvalue weighted by atomic mass is 10.2. The Balaban J connectivity index is 2.23. The summed E-state index contributed by atoms with van der Waals surface area (Å²) in [6.07, 6.45) is 3.37. The Kier molecular flexibility index (Phi) is 3.66. The van der Waals surface area contributed by atoms with E-state index in [4.69, 9.17) is 11.6 Å². The predicted octanol–water partition coefficient (Wildman–Crippen LogP) is 2.73. The van der Waals surface area contributed by atoms with Gasteiger partial charge in [-0.05, 0) is 0 Å². The Morgan fingerprint density at radius 3 is 2.89 bits per heavy atom. The molecule has 0 spiro atoms. The normalized spacial score (nSPS) is 10.5. The lowest BCUT2D eigenvalue weighted by Crippen LogP contribution is -2.03. The minimum atomic E-state index is -0.707. The standard InChI is InChI=1S/C11H10ClFN4O2/c1-16-6-7(5-15-16)4-14-10-3-9(13)8(12)2-11(10)17(18)19/h2-3,5-6,14H,4H2,1H3. The van der Waals surface area contributed by atoms with E-state index in [0.717, 1.165) is 17.7 Å². The van der Waals surface area contributed by atoms with Crippen LogP contribution in [-0.2, 0) is 13.6 Å². The van der Waals surface area contributed by atoms with Crippen molar-refractivity contribution >= 4 is 23.0 Å². The van der Waals surface area contributed by atoms with Gasteiger partial charge >= 0.3 is 0 Å². The Labute approximate surface area is 112 Å². The number of nitrogens with one attached hydrogen (secondary N) is 1. The fraction of sp³-hybridized carbons (Fsp3) is 0.182. The van der Waals surface area contributed by atoms with Crippen LogP contribution in [0.15, 0.2) is 24.5 Å². The Bertz CT molecular complexity index is 629. The highest BCUT2D eigenvalue weighted by atomic mass is 35.5. The van der Waals surface area contributed by atoms with Crippen LogP contribution in [0.2, 0.25) is 5.02 Å². The summed E-state index contributed by atoms with van der Waals surface area (Å²) in [6.45, 7) is 0.301. The average molecular weight is 285 g/mol. The first-order valence-electron chi connectivity index (χ1n) is 5.32. The maximum absolute atomic E-state index is 13.3. The van der Waals surface area contributed by atoms with Crippen LogP contribution in [-0.4, -0.2) is 14.7 Å². The van der Waals surface area contributed by atoms with Crippen LogP contribution in [0.5, 0.6) is 0 Å². The first kappa shape index (κ1) is 13.3. The molecular weight excluding hydrogens is 275 g/mol. The molecule has 1 N–H and O–H groups in total. The number of anilines is 1. The summed E-state index contributed by atoms with van der Waals surface area (Å²) in [6, 6.07) is 2.00. The fourth-order valence-corrected chi connectivity index (χ4v) is 1.75. The molecular formula is C11H10ClFN4O2. The van der Waals surface area contributed by atoms with Gasteiger partial charge < -0.3 is 5.32 Å². The molecule has 0 aliphatic rings. The van der Waals surface area contributed by atoms with Crippen molar-refractivity contribution in [2.24, 2.45) is 7.05 Å². The van der Waals surface area contributed by atoms with E-state index in [1.54, 1.807) is 24.1 Å². The zero-order chi connectivity index (χ0) is 14.0. The highest BCUT2D eigenvalue weighted by Crippen LogP contribution is 2.30. The van der Waals surface area contributed by atoms with Gasteiger partial charge in [0, 0.05) is 37.5 Å². The lowest BCUT2D eigenvalue weighted by molar-refractivity contribution is -0.384. The number of hydrogen-bond donors (Lipinski definition) is 1. The maximum atomic E-state index is 13.3. The van der Waals surface area contributed by atoms with Crippen LogP contribution in [0.4, 0.5) is 15.8 Å². The van der Waals surface area contributed by atoms with E-state index >= 15 is 0 Å². The number of nitro benzene ring substituents is 1. The Morgan fingerprint density at radius 2 is 2.32 bits per heavy atom. The molecule has 0 amide bonds. The van der Waals surface area contributed by atoms with Crippen molar-refractivity contribution in [1.82, 2.24) is 9.78 Å². The first-order chi connectivity index (χ1) is 8.97. The van der Waals surface area contributed by atoms with Crippen molar-refractivity contribution < 1.29 is 9.31 Å². The van der Waals surface area contributed by atoms with Crippen LogP contribution in [0.1, 0.15) is 5.56 Å². The summed E-state index contributed by atoms with van der Waals surface area (Å²) in [5, 5.41) is 17.4. The predicted molar refractivity (Wildman–Crippen MR) is 68.6 cm³/mol. The summed E-state index contributed by atoms with van der Waals surface area (Å²) in [7, 11) is 1.76. The summed E-state index contributed by atoms with van der Waals surface area (Å²) in [5.41, 5.74) is 0.637. The molecule has 0 aliphatic heterocycles. The third kappa shape index (κ3) is 3.00. The molecule has 8 heteroatoms. The largest absolute Gasteiger partial charge is 0.375 e. The monoisotopic (exact) mass is 284 g/mol. The maximum Gasteiger partial charge on any atom is 0.294 e. The van der Waals surface area contributed by atoms with E-state index in [0.29, 0.717) is 6.54 Å². The van der Waals surface area contributed by atoms with Gasteiger partial charge in [0.1, 0.15) is 11.5 Å². The smallest absolute Gasteiger partial charge is 0.294 e. The van der Waals surface area contributed by atoms with Gasteiger partial charge in [-0.15, -0.1) is 0 Å². The molecule has 0 aliphatic carbocycles. The molecule has 6 nitrogen and oxygen atoms in total. The summed E-state index contributed by atoms with van der Waals surface area (Å²) in [5.74, 6) is -0.707. The molecule has 1 heterocycles. The van der Waals surface area contributed by atoms with Crippen LogP contribution >= 0.6 is 11.6 Å². The molecule has 0 unspecified atom stereocenters. The van der Waals surface area contributed by atoms with Gasteiger partial charge in [0.15, 0.2) is 0 Å². The van der Waals surface area contributed by atoms with Gasteiger partial charge in [0.2, 0.25) is 0 Å². The summed E-state index contributed by atoms with van der Waals surface area (Å²) >= 11 is 5.53. The number of rotatable bonds is 4. The van der Waals surface area contributed by atoms with E-state index < -0.39 is 10.7 Å². The van der Waals surface area contributed by atoms with Crippen LogP contribution in [0.3, 0.4) is 0 Å². The molecule has 0 bridgehead atoms. The molecule has 19 heavy (non-hydrogen) atoms. The van der Waals surface area contributed by atoms with Crippen molar-refractivity contribution in [3.63, 3.8) is 0 Å². The molecule has 100 valence electrons. The molecule has 0 radical (unpaired) electrons. The van der Waals surface area contributed by atoms with Crippen molar-refractivity contribution in [3.05, 3.63) is 51.0 Å². The second-order valence-electron chi connectivity index (χ2n) is 3.92. The van der Waals surface area contributed by atoms with Crippen molar-refractivity contribution in [1.29, 1.82) is 0 Å². The average Bonchev–Trinajstić information content (AvgIpc) is 2.76. The van der Waals surface area contributed by atoms with E-state index in [-0.39, 0.29) is 16.4 Å². The number of nitro groups is 1. The van der Waals surface area contributed by atoms with E-state index in [2.05, 4.69) is 10.4 Å². The zero-order valence-corrected chi connectivity index (χ0v) is 10.7. The Morgan fingerprint density at radius 1 is 1.58 bits per heavy atom. The highest BCUT2D eigenvalue weighted by molar-refractivity contribution is 6.31. The van der Waals surface area contributed by atoms with Gasteiger partial charge in [-0.3, -0.25) is 14.8 Å². The second-order valence-corrected chi connectivity index (χ2v) is 4.32. The summed E-state index contributed by atoms with van der Waals surface area (Å²) in [4.78, 5) is 10.3. The Hall–Kier alpha value is -2.15. The third-order valence-electron chi connectivity index (χ3n) is 2.48. The van der Waals surface area contributed by atoms with Crippen molar-refractivity contribution in [2.45, 2.75) is 6.54 Å². The van der Waals surface area contributed by atoms with E-state index in [9.17, 15) is 14.5 Å². The molecule has 0 saturated heterocycles. The van der Waals surface area contributed by atoms with Gasteiger partial charge in [0.25, 0.3) is 5.69 Å². The van der Waals surface area contributed by atoms with Crippen LogP contribution in [0, 0.1) is 15.9 Å². The van der Waals surface area contributed by atoms with Gasteiger partial charge in [0.05, 0.1) is 16.1 Å². The topological polar surface area (TPSA) is 73.0 Å². The lowest BCUT2D eigenvalue weighted by Gasteiger charge is -2.06. The van der Waals surface area contributed by atoms with Gasteiger partial charge in [-0.1, -0.05) is 11.6 Å². The van der Waals surface area contributed by atoms with Crippen molar-refractivity contribution in [2.75, 3.05) is 5.32 Å². The molecule has 0 saturated carbocycles. The number of halogens is 2. The first-order valence-corrected chi connectivity index (χ1v) is 5.70. The zero-order valence-electron chi connectivity index (χ0n) is 9.93. The third-order valence-corrected chi connectivity index (χ3v) is 2.77. The van der Waals surface area contributed by atoms with Crippen molar-refractivity contribution in [3.8, 4) is 0 Å². The van der Waals surface area contributed by atoms with Crippen LogP contribution < -0.4 is 5.32 Å². The van der Waals surface area contributed by atoms with Gasteiger partial charge in [-0.25, -0.2) is 4.39 Å². The molecule has 1 aromatic heterocycles. The van der Waals surface area contributed by atoms with Crippen LogP contribution in [0.25, 0.3) is 0 Å². The molecule has 2 rings (SSSR count). The minimum absolute atomic E-state index is 0.0794. The minimum Gasteiger partial charge on any atom is -0.375 e. The highest BCUT2D eigenvalue weighted by Gasteiger charge is 2.17. The number of aryl methyl sites for hydroxylation is 1. The number of hydrogen-bond acceptors (Lipinski definition) is 4. The van der Waals surface area contributed by atoms with Gasteiger partial charge in [-0.2, -0.15) is 5.10 Å². The molecule has 0 fully saturated rings. The molecule has 1 aromatic carbocycles. The molecule has 0 atom stereocenters.